The second-order valence-electron chi connectivity index (χ2n) is 4.99. The summed E-state index contributed by atoms with van der Waals surface area (Å²) in [6.07, 6.45) is 0.568. The van der Waals surface area contributed by atoms with Gasteiger partial charge in [-0.2, -0.15) is 0 Å². The molecular formula is C14H15NO3. The predicted octanol–water partition coefficient (Wildman–Crippen LogP) is 1.84. The number of rotatable bonds is 2. The van der Waals surface area contributed by atoms with Crippen LogP contribution in [-0.4, -0.2) is 29.9 Å². The lowest BCUT2D eigenvalue weighted by Crippen LogP contribution is -2.41. The third-order valence-electron chi connectivity index (χ3n) is 3.60. The maximum absolute atomic E-state index is 11.8. The predicted molar refractivity (Wildman–Crippen MR) is 64.8 cm³/mol. The summed E-state index contributed by atoms with van der Waals surface area (Å²) in [5.74, 6) is 0.793. The molecule has 4 heteroatoms. The van der Waals surface area contributed by atoms with Gasteiger partial charge in [-0.25, -0.2) is 4.79 Å². The molecule has 2 fully saturated rings. The van der Waals surface area contributed by atoms with Crippen molar-refractivity contribution in [1.29, 1.82) is 0 Å². The van der Waals surface area contributed by atoms with Gasteiger partial charge < -0.3 is 9.64 Å². The van der Waals surface area contributed by atoms with E-state index >= 15 is 0 Å². The van der Waals surface area contributed by atoms with Gasteiger partial charge in [0.05, 0.1) is 6.54 Å². The van der Waals surface area contributed by atoms with Gasteiger partial charge in [0.2, 0.25) is 0 Å². The number of carbonyl (C=O) groups excluding carboxylic acids is 2. The first-order chi connectivity index (χ1) is 8.74. The van der Waals surface area contributed by atoms with Crippen molar-refractivity contribution in [3.63, 3.8) is 0 Å². The van der Waals surface area contributed by atoms with Crippen molar-refractivity contribution in [3.8, 4) is 0 Å². The topological polar surface area (TPSA) is 46.6 Å². The van der Waals surface area contributed by atoms with E-state index in [1.54, 1.807) is 0 Å². The Bertz CT molecular complexity index is 471. The third kappa shape index (κ3) is 2.23. The molecule has 2 aliphatic rings. The zero-order chi connectivity index (χ0) is 12.5. The highest BCUT2D eigenvalue weighted by molar-refractivity contribution is 5.89. The fourth-order valence-corrected chi connectivity index (χ4v) is 2.45. The van der Waals surface area contributed by atoms with Crippen LogP contribution >= 0.6 is 0 Å². The number of carbonyl (C=O) groups is 2. The fraction of sp³-hybridized carbons (Fsp3) is 0.429. The van der Waals surface area contributed by atoms with Gasteiger partial charge in [0, 0.05) is 12.5 Å². The van der Waals surface area contributed by atoms with Crippen molar-refractivity contribution in [2.24, 2.45) is 11.8 Å². The lowest BCUT2D eigenvalue weighted by molar-refractivity contribution is -0.123. The number of nitrogens with zero attached hydrogens (tertiary/aromatic N) is 1. The second kappa shape index (κ2) is 4.44. The summed E-state index contributed by atoms with van der Waals surface area (Å²) in [7, 11) is 0. The molecule has 0 radical (unpaired) electrons. The Morgan fingerprint density at radius 3 is 2.83 bits per heavy atom. The molecule has 1 saturated carbocycles. The first-order valence-corrected chi connectivity index (χ1v) is 6.22. The van der Waals surface area contributed by atoms with Crippen LogP contribution in [0.2, 0.25) is 0 Å². The van der Waals surface area contributed by atoms with Crippen LogP contribution in [0.15, 0.2) is 30.3 Å². The van der Waals surface area contributed by atoms with E-state index in [2.05, 4.69) is 0 Å². The molecule has 0 aromatic heterocycles. The number of piperidine rings is 1. The van der Waals surface area contributed by atoms with Gasteiger partial charge in [0.25, 0.3) is 0 Å². The average Bonchev–Trinajstić information content (AvgIpc) is 3.17. The number of fused-ring (bicyclic) bond motifs is 1. The van der Waals surface area contributed by atoms with Crippen LogP contribution in [0, 0.1) is 11.8 Å². The van der Waals surface area contributed by atoms with Crippen molar-refractivity contribution in [2.45, 2.75) is 13.0 Å². The Labute approximate surface area is 106 Å². The highest BCUT2D eigenvalue weighted by atomic mass is 16.6. The minimum absolute atomic E-state index is 0.183. The van der Waals surface area contributed by atoms with Crippen molar-refractivity contribution in [3.05, 3.63) is 35.9 Å². The van der Waals surface area contributed by atoms with E-state index in [-0.39, 0.29) is 30.9 Å². The van der Waals surface area contributed by atoms with Crippen LogP contribution in [0.4, 0.5) is 4.79 Å². The summed E-state index contributed by atoms with van der Waals surface area (Å²) >= 11 is 0. The van der Waals surface area contributed by atoms with Crippen molar-refractivity contribution >= 4 is 11.9 Å². The maximum Gasteiger partial charge on any atom is 0.410 e. The quantitative estimate of drug-likeness (QED) is 0.798. The van der Waals surface area contributed by atoms with Crippen molar-refractivity contribution < 1.29 is 14.3 Å². The number of ketones is 1. The van der Waals surface area contributed by atoms with Gasteiger partial charge in [-0.05, 0) is 17.9 Å². The molecule has 1 aliphatic carbocycles. The molecule has 1 heterocycles. The summed E-state index contributed by atoms with van der Waals surface area (Å²) in [5.41, 5.74) is 0.957. The molecule has 0 unspecified atom stereocenters. The molecule has 1 aromatic rings. The highest BCUT2D eigenvalue weighted by Crippen LogP contribution is 2.42. The smallest absolute Gasteiger partial charge is 0.410 e. The summed E-state index contributed by atoms with van der Waals surface area (Å²) in [5, 5.41) is 0. The minimum atomic E-state index is -0.377. The molecular weight excluding hydrogens is 230 g/mol. The molecule has 94 valence electrons. The van der Waals surface area contributed by atoms with E-state index in [1.807, 2.05) is 30.3 Å². The molecule has 0 N–H and O–H groups in total. The van der Waals surface area contributed by atoms with Crippen LogP contribution < -0.4 is 0 Å². The molecule has 0 spiro atoms. The van der Waals surface area contributed by atoms with E-state index in [0.717, 1.165) is 12.0 Å². The van der Waals surface area contributed by atoms with Gasteiger partial charge in [-0.3, -0.25) is 4.79 Å². The summed E-state index contributed by atoms with van der Waals surface area (Å²) in [6, 6.07) is 9.55. The van der Waals surface area contributed by atoms with E-state index < -0.39 is 0 Å². The number of benzene rings is 1. The number of ether oxygens (including phenoxy) is 1. The zero-order valence-corrected chi connectivity index (χ0v) is 10.0. The van der Waals surface area contributed by atoms with Gasteiger partial charge in [0.15, 0.2) is 5.78 Å². The van der Waals surface area contributed by atoms with Gasteiger partial charge in [-0.15, -0.1) is 0 Å². The van der Waals surface area contributed by atoms with E-state index in [0.29, 0.717) is 12.5 Å². The second-order valence-corrected chi connectivity index (χ2v) is 4.99. The molecule has 2 atom stereocenters. The first-order valence-electron chi connectivity index (χ1n) is 6.22. The molecule has 4 nitrogen and oxygen atoms in total. The Balaban J connectivity index is 1.54. The Hall–Kier alpha value is -1.84. The number of likely N-dealkylation sites (tertiary alicyclic amines) is 1. The summed E-state index contributed by atoms with van der Waals surface area (Å²) in [6.45, 7) is 1.15. The zero-order valence-electron chi connectivity index (χ0n) is 10.0. The van der Waals surface area contributed by atoms with E-state index in [1.165, 1.54) is 4.90 Å². The molecule has 0 bridgehead atoms. The number of amides is 1. The van der Waals surface area contributed by atoms with Crippen LogP contribution in [0.1, 0.15) is 12.0 Å². The number of hydrogen-bond acceptors (Lipinski definition) is 3. The van der Waals surface area contributed by atoms with Gasteiger partial charge in [0.1, 0.15) is 6.61 Å². The van der Waals surface area contributed by atoms with Crippen LogP contribution in [0.25, 0.3) is 0 Å². The fourth-order valence-electron chi connectivity index (χ4n) is 2.45. The van der Waals surface area contributed by atoms with E-state index in [9.17, 15) is 9.59 Å². The number of hydrogen-bond donors (Lipinski definition) is 0. The highest BCUT2D eigenvalue weighted by Gasteiger charge is 2.48. The Morgan fingerprint density at radius 1 is 1.33 bits per heavy atom. The van der Waals surface area contributed by atoms with E-state index in [4.69, 9.17) is 4.74 Å². The van der Waals surface area contributed by atoms with Gasteiger partial charge >= 0.3 is 6.09 Å². The molecule has 1 aromatic carbocycles. The van der Waals surface area contributed by atoms with Gasteiger partial charge in [-0.1, -0.05) is 30.3 Å². The lowest BCUT2D eigenvalue weighted by atomic mass is 10.1. The van der Waals surface area contributed by atoms with Crippen LogP contribution in [0.5, 0.6) is 0 Å². The molecule has 1 aliphatic heterocycles. The maximum atomic E-state index is 11.8. The van der Waals surface area contributed by atoms with Crippen molar-refractivity contribution in [2.75, 3.05) is 13.1 Å². The lowest BCUT2D eigenvalue weighted by Gasteiger charge is -2.24. The minimum Gasteiger partial charge on any atom is -0.445 e. The normalized spacial score (nSPS) is 25.6. The standard InChI is InChI=1S/C14H15NO3/c16-13-8-15(7-11-6-12(11)13)14(17)18-9-10-4-2-1-3-5-10/h1-5,11-12H,6-9H2/t11-,12-/m1/s1. The number of Topliss-reactive ketones (excluding diaryl/α,β-unsaturated/α-hetero) is 1. The molecule has 1 saturated heterocycles. The average molecular weight is 245 g/mol. The van der Waals surface area contributed by atoms with Crippen LogP contribution in [0.3, 0.4) is 0 Å². The Morgan fingerprint density at radius 2 is 2.11 bits per heavy atom. The molecule has 18 heavy (non-hydrogen) atoms. The SMILES string of the molecule is O=C1CN(C(=O)OCc2ccccc2)C[C@H]2C[C@@H]12. The molecule has 3 rings (SSSR count). The van der Waals surface area contributed by atoms with Crippen molar-refractivity contribution in [1.82, 2.24) is 4.90 Å². The first kappa shape index (κ1) is 11.3. The summed E-state index contributed by atoms with van der Waals surface area (Å²) < 4.78 is 5.22. The molecule has 1 amide bonds. The Kier molecular flexibility index (Phi) is 2.78. The largest absolute Gasteiger partial charge is 0.445 e. The van der Waals surface area contributed by atoms with Crippen LogP contribution in [-0.2, 0) is 16.1 Å². The third-order valence-corrected chi connectivity index (χ3v) is 3.60. The monoisotopic (exact) mass is 245 g/mol. The summed E-state index contributed by atoms with van der Waals surface area (Å²) in [4.78, 5) is 24.9.